The van der Waals surface area contributed by atoms with Crippen LogP contribution in [-0.2, 0) is 17.6 Å². The third-order valence-electron chi connectivity index (χ3n) is 4.28. The number of rotatable bonds is 6. The molecule has 0 unspecified atom stereocenters. The van der Waals surface area contributed by atoms with E-state index < -0.39 is 5.97 Å². The summed E-state index contributed by atoms with van der Waals surface area (Å²) >= 11 is 1.67. The zero-order chi connectivity index (χ0) is 19.6. The molecule has 3 aromatic rings. The fraction of sp³-hybridized carbons (Fsp3) is 0.300. The maximum atomic E-state index is 12.5. The summed E-state index contributed by atoms with van der Waals surface area (Å²) in [6.45, 7) is 5.64. The van der Waals surface area contributed by atoms with Gasteiger partial charge >= 0.3 is 0 Å². The molecule has 7 heteroatoms. The standard InChI is InChI=1S/C20H21N3O3S/c1-12(2)16-11-27-18(22-16)5-4-14-6-7-23-17(9-14)21-10-15(19(23)24)8-13(3)20(25)26/h6-12H,4-5H2,1-3H3,(H,25,26)/p-1/b13-8+. The van der Waals surface area contributed by atoms with Crippen molar-refractivity contribution in [2.24, 2.45) is 0 Å². The van der Waals surface area contributed by atoms with E-state index in [-0.39, 0.29) is 16.7 Å². The number of fused-ring (bicyclic) bond motifs is 1. The lowest BCUT2D eigenvalue weighted by Crippen LogP contribution is -2.24. The summed E-state index contributed by atoms with van der Waals surface area (Å²) in [6, 6.07) is 3.75. The summed E-state index contributed by atoms with van der Waals surface area (Å²) in [5, 5.41) is 14.0. The summed E-state index contributed by atoms with van der Waals surface area (Å²) in [6.07, 6.45) is 5.99. The minimum Gasteiger partial charge on any atom is -0.545 e. The number of aromatic nitrogens is 3. The Hall–Kier alpha value is -2.80. The molecule has 0 spiro atoms. The highest BCUT2D eigenvalue weighted by Gasteiger charge is 2.08. The van der Waals surface area contributed by atoms with Crippen LogP contribution in [0.15, 0.2) is 40.3 Å². The molecule has 0 amide bonds. The van der Waals surface area contributed by atoms with Gasteiger partial charge in [0.2, 0.25) is 0 Å². The predicted molar refractivity (Wildman–Crippen MR) is 104 cm³/mol. The van der Waals surface area contributed by atoms with E-state index in [2.05, 4.69) is 29.2 Å². The highest BCUT2D eigenvalue weighted by molar-refractivity contribution is 7.09. The van der Waals surface area contributed by atoms with E-state index in [0.717, 1.165) is 29.1 Å². The number of aryl methyl sites for hydroxylation is 2. The number of pyridine rings is 1. The van der Waals surface area contributed by atoms with Gasteiger partial charge in [-0.25, -0.2) is 9.97 Å². The van der Waals surface area contributed by atoms with Crippen molar-refractivity contribution >= 4 is 29.0 Å². The van der Waals surface area contributed by atoms with Gasteiger partial charge in [0.25, 0.3) is 5.56 Å². The van der Waals surface area contributed by atoms with Crippen LogP contribution in [-0.4, -0.2) is 20.3 Å². The maximum absolute atomic E-state index is 12.5. The van der Waals surface area contributed by atoms with Gasteiger partial charge in [-0.3, -0.25) is 9.20 Å². The zero-order valence-electron chi connectivity index (χ0n) is 15.4. The molecule has 0 aliphatic heterocycles. The Labute approximate surface area is 160 Å². The largest absolute Gasteiger partial charge is 0.545 e. The van der Waals surface area contributed by atoms with Crippen LogP contribution in [0.25, 0.3) is 11.7 Å². The summed E-state index contributed by atoms with van der Waals surface area (Å²) in [4.78, 5) is 32.3. The molecule has 140 valence electrons. The summed E-state index contributed by atoms with van der Waals surface area (Å²) in [5.41, 5.74) is 2.60. The molecule has 0 fully saturated rings. The molecule has 3 heterocycles. The van der Waals surface area contributed by atoms with Crippen LogP contribution in [0.4, 0.5) is 0 Å². The summed E-state index contributed by atoms with van der Waals surface area (Å²) < 4.78 is 1.41. The number of aliphatic carboxylic acids is 1. The highest BCUT2D eigenvalue weighted by Crippen LogP contribution is 2.19. The Balaban J connectivity index is 1.82. The van der Waals surface area contributed by atoms with Crippen LogP contribution >= 0.6 is 11.3 Å². The van der Waals surface area contributed by atoms with Crippen LogP contribution in [0.5, 0.6) is 0 Å². The van der Waals surface area contributed by atoms with Crippen molar-refractivity contribution in [3.05, 3.63) is 67.7 Å². The van der Waals surface area contributed by atoms with Crippen LogP contribution in [0.3, 0.4) is 0 Å². The number of carboxylic acids is 1. The lowest BCUT2D eigenvalue weighted by Gasteiger charge is -2.06. The van der Waals surface area contributed by atoms with E-state index in [1.165, 1.54) is 23.6 Å². The smallest absolute Gasteiger partial charge is 0.265 e. The first-order valence-electron chi connectivity index (χ1n) is 8.69. The summed E-state index contributed by atoms with van der Waals surface area (Å²) in [5.74, 6) is -0.881. The van der Waals surface area contributed by atoms with E-state index >= 15 is 0 Å². The van der Waals surface area contributed by atoms with Crippen molar-refractivity contribution in [1.82, 2.24) is 14.4 Å². The molecule has 0 saturated heterocycles. The molecule has 27 heavy (non-hydrogen) atoms. The third-order valence-corrected chi connectivity index (χ3v) is 5.21. The van der Waals surface area contributed by atoms with Gasteiger partial charge in [-0.15, -0.1) is 11.3 Å². The average molecular weight is 382 g/mol. The molecule has 0 N–H and O–H groups in total. The number of thiazole rings is 1. The van der Waals surface area contributed by atoms with E-state index in [1.807, 2.05) is 12.1 Å². The Morgan fingerprint density at radius 3 is 2.81 bits per heavy atom. The van der Waals surface area contributed by atoms with Gasteiger partial charge in [0.1, 0.15) is 5.65 Å². The molecule has 0 bridgehead atoms. The fourth-order valence-corrected chi connectivity index (χ4v) is 3.59. The Morgan fingerprint density at radius 2 is 2.15 bits per heavy atom. The minimum absolute atomic E-state index is 0.0188. The maximum Gasteiger partial charge on any atom is 0.265 e. The molecule has 0 saturated carbocycles. The molecule has 0 radical (unpaired) electrons. The van der Waals surface area contributed by atoms with E-state index in [9.17, 15) is 14.7 Å². The summed E-state index contributed by atoms with van der Waals surface area (Å²) in [7, 11) is 0. The van der Waals surface area contributed by atoms with Crippen molar-refractivity contribution in [3.63, 3.8) is 0 Å². The normalized spacial score (nSPS) is 12.1. The predicted octanol–water partition coefficient (Wildman–Crippen LogP) is 2.21. The van der Waals surface area contributed by atoms with Crippen molar-refractivity contribution in [2.45, 2.75) is 39.5 Å². The Kier molecular flexibility index (Phi) is 5.51. The van der Waals surface area contributed by atoms with Gasteiger partial charge in [-0.2, -0.15) is 0 Å². The van der Waals surface area contributed by atoms with E-state index in [1.54, 1.807) is 17.5 Å². The van der Waals surface area contributed by atoms with Crippen molar-refractivity contribution in [1.29, 1.82) is 0 Å². The van der Waals surface area contributed by atoms with E-state index in [0.29, 0.717) is 11.6 Å². The van der Waals surface area contributed by atoms with Gasteiger partial charge in [0.15, 0.2) is 0 Å². The quantitative estimate of drug-likeness (QED) is 0.610. The topological polar surface area (TPSA) is 87.4 Å². The fourth-order valence-electron chi connectivity index (χ4n) is 2.63. The SMILES string of the molecule is C/C(=C\c1cnc2cc(CCc3nc(C(C)C)cs3)ccn2c1=O)C(=O)[O-]. The van der Waals surface area contributed by atoms with Crippen molar-refractivity contribution in [2.75, 3.05) is 0 Å². The number of hydrogen-bond acceptors (Lipinski definition) is 6. The second kappa shape index (κ2) is 7.84. The third kappa shape index (κ3) is 4.31. The first-order chi connectivity index (χ1) is 12.8. The number of hydrogen-bond donors (Lipinski definition) is 0. The van der Waals surface area contributed by atoms with Crippen LogP contribution in [0.1, 0.15) is 48.5 Å². The van der Waals surface area contributed by atoms with Crippen LogP contribution in [0, 0.1) is 0 Å². The highest BCUT2D eigenvalue weighted by atomic mass is 32.1. The monoisotopic (exact) mass is 382 g/mol. The number of carboxylic acid groups (broad SMARTS) is 1. The molecule has 6 nitrogen and oxygen atoms in total. The minimum atomic E-state index is -1.31. The molecule has 0 aromatic carbocycles. The van der Waals surface area contributed by atoms with Gasteiger partial charge in [0.05, 0.1) is 22.2 Å². The van der Waals surface area contributed by atoms with Gasteiger partial charge in [0, 0.05) is 24.2 Å². The van der Waals surface area contributed by atoms with Crippen LogP contribution in [0.2, 0.25) is 0 Å². The number of nitrogens with zero attached hydrogens (tertiary/aromatic N) is 3. The van der Waals surface area contributed by atoms with Gasteiger partial charge in [-0.1, -0.05) is 13.8 Å². The number of carbonyl (C=O) groups excluding carboxylic acids is 1. The molecular weight excluding hydrogens is 362 g/mol. The lowest BCUT2D eigenvalue weighted by molar-refractivity contribution is -0.299. The lowest BCUT2D eigenvalue weighted by atomic mass is 10.1. The number of carbonyl (C=O) groups is 1. The van der Waals surface area contributed by atoms with Crippen molar-refractivity contribution in [3.8, 4) is 0 Å². The Morgan fingerprint density at radius 1 is 1.37 bits per heavy atom. The molecule has 0 aliphatic rings. The Bertz CT molecular complexity index is 1080. The molecule has 0 aliphatic carbocycles. The molecular formula is C20H20N3O3S-. The van der Waals surface area contributed by atoms with Crippen LogP contribution < -0.4 is 10.7 Å². The van der Waals surface area contributed by atoms with Gasteiger partial charge in [-0.05, 0) is 48.6 Å². The second-order valence-corrected chi connectivity index (χ2v) is 7.66. The van der Waals surface area contributed by atoms with Gasteiger partial charge < -0.3 is 9.90 Å². The van der Waals surface area contributed by atoms with Crippen molar-refractivity contribution < 1.29 is 9.90 Å². The first-order valence-corrected chi connectivity index (χ1v) is 9.57. The molecule has 3 rings (SSSR count). The second-order valence-electron chi connectivity index (χ2n) is 6.72. The average Bonchev–Trinajstić information content (AvgIpc) is 3.11. The van der Waals surface area contributed by atoms with E-state index in [4.69, 9.17) is 0 Å². The molecule has 3 aromatic heterocycles. The first kappa shape index (κ1) is 19.0. The molecule has 0 atom stereocenters. The zero-order valence-corrected chi connectivity index (χ0v) is 16.2.